The highest BCUT2D eigenvalue weighted by atomic mass is 19.1. The number of amidine groups is 1. The maximum absolute atomic E-state index is 15.7. The lowest BCUT2D eigenvalue weighted by molar-refractivity contribution is -0.138. The van der Waals surface area contributed by atoms with Crippen molar-refractivity contribution < 1.29 is 33.3 Å². The first-order chi connectivity index (χ1) is 18.4. The van der Waals surface area contributed by atoms with Crippen LogP contribution in [0.1, 0.15) is 57.7 Å². The number of carbonyl (C=O) groups is 2. The number of carbonyl (C=O) groups excluding carboxylic acids is 1. The van der Waals surface area contributed by atoms with Crippen molar-refractivity contribution in [2.75, 3.05) is 32.1 Å². The van der Waals surface area contributed by atoms with Crippen molar-refractivity contribution in [1.82, 2.24) is 10.2 Å². The van der Waals surface area contributed by atoms with Crippen LogP contribution in [0.3, 0.4) is 0 Å². The van der Waals surface area contributed by atoms with Gasteiger partial charge in [-0.05, 0) is 77.9 Å². The van der Waals surface area contributed by atoms with Gasteiger partial charge in [-0.2, -0.15) is 0 Å². The number of nitrogens with one attached hydrogen (secondary N) is 3. The standard InChI is InChI=1S/C28H37FN4O6/c1-6-37-20-15-21(23(29)22(16-20)38-19-11-13-33(5)14-12-19)24(26(34)35)31-18-9-7-17(8-10-18)25(30)32-27(36)39-28(2,3)4/h7-10,15-16,19,24,31H,6,11-14H2,1-5H3,(H,34,35)(H2,30,32,36)/t24-/m0/s1. The number of ether oxygens (including phenoxy) is 3. The van der Waals surface area contributed by atoms with Crippen LogP contribution in [0.25, 0.3) is 0 Å². The van der Waals surface area contributed by atoms with Crippen molar-refractivity contribution >= 4 is 23.6 Å². The molecule has 1 atom stereocenters. The summed E-state index contributed by atoms with van der Waals surface area (Å²) in [5, 5.41) is 23.3. The smallest absolute Gasteiger partial charge is 0.413 e. The summed E-state index contributed by atoms with van der Waals surface area (Å²) >= 11 is 0. The van der Waals surface area contributed by atoms with Crippen molar-refractivity contribution in [1.29, 1.82) is 5.41 Å². The molecule has 10 nitrogen and oxygen atoms in total. The molecule has 2 aromatic carbocycles. The number of nitrogens with zero attached hydrogens (tertiary/aromatic N) is 1. The lowest BCUT2D eigenvalue weighted by Gasteiger charge is -2.30. The van der Waals surface area contributed by atoms with E-state index in [9.17, 15) is 14.7 Å². The van der Waals surface area contributed by atoms with Gasteiger partial charge in [-0.3, -0.25) is 10.7 Å². The normalized spacial score (nSPS) is 15.2. The molecule has 1 aliphatic rings. The zero-order valence-electron chi connectivity index (χ0n) is 23.0. The van der Waals surface area contributed by atoms with Gasteiger partial charge in [0.25, 0.3) is 0 Å². The summed E-state index contributed by atoms with van der Waals surface area (Å²) in [7, 11) is 2.01. The number of halogens is 1. The van der Waals surface area contributed by atoms with Gasteiger partial charge in [0.1, 0.15) is 23.3 Å². The highest BCUT2D eigenvalue weighted by Gasteiger charge is 2.28. The minimum atomic E-state index is -1.45. The van der Waals surface area contributed by atoms with Crippen LogP contribution >= 0.6 is 0 Å². The number of benzene rings is 2. The molecule has 1 fully saturated rings. The zero-order valence-corrected chi connectivity index (χ0v) is 23.0. The lowest BCUT2D eigenvalue weighted by Crippen LogP contribution is -2.36. The van der Waals surface area contributed by atoms with E-state index in [1.54, 1.807) is 27.7 Å². The molecule has 1 aliphatic heterocycles. The Labute approximate surface area is 227 Å². The minimum Gasteiger partial charge on any atom is -0.494 e. The molecule has 0 aliphatic carbocycles. The fourth-order valence-corrected chi connectivity index (χ4v) is 4.07. The predicted octanol–water partition coefficient (Wildman–Crippen LogP) is 4.79. The van der Waals surface area contributed by atoms with Crippen LogP contribution in [0, 0.1) is 11.2 Å². The third-order valence-electron chi connectivity index (χ3n) is 5.98. The summed E-state index contributed by atoms with van der Waals surface area (Å²) in [5.41, 5.74) is -0.0943. The molecule has 2 aromatic rings. The third kappa shape index (κ3) is 8.57. The molecule has 39 heavy (non-hydrogen) atoms. The highest BCUT2D eigenvalue weighted by Crippen LogP contribution is 2.34. The summed E-state index contributed by atoms with van der Waals surface area (Å²) in [5.74, 6) is -1.98. The van der Waals surface area contributed by atoms with Crippen molar-refractivity contribution in [2.45, 2.75) is 58.3 Å². The summed E-state index contributed by atoms with van der Waals surface area (Å²) in [4.78, 5) is 26.4. The van der Waals surface area contributed by atoms with Crippen molar-refractivity contribution in [3.05, 3.63) is 53.3 Å². The van der Waals surface area contributed by atoms with E-state index in [2.05, 4.69) is 15.5 Å². The Hall–Kier alpha value is -3.86. The van der Waals surface area contributed by atoms with Crippen LogP contribution in [0.15, 0.2) is 36.4 Å². The van der Waals surface area contributed by atoms with E-state index in [0.717, 1.165) is 25.9 Å². The van der Waals surface area contributed by atoms with Gasteiger partial charge in [-0.1, -0.05) is 0 Å². The second-order valence-corrected chi connectivity index (χ2v) is 10.4. The molecule has 1 saturated heterocycles. The first kappa shape index (κ1) is 29.7. The van der Waals surface area contributed by atoms with Crippen molar-refractivity contribution in [3.8, 4) is 11.5 Å². The first-order valence-corrected chi connectivity index (χ1v) is 12.9. The minimum absolute atomic E-state index is 0.0458. The van der Waals surface area contributed by atoms with Crippen LogP contribution in [0.2, 0.25) is 0 Å². The van der Waals surface area contributed by atoms with E-state index in [0.29, 0.717) is 23.6 Å². The molecule has 0 saturated carbocycles. The van der Waals surface area contributed by atoms with Gasteiger partial charge in [-0.15, -0.1) is 0 Å². The second kappa shape index (κ2) is 12.8. The molecule has 0 radical (unpaired) electrons. The SMILES string of the molecule is CCOc1cc(OC2CCN(C)CC2)c(F)c([C@H](Nc2ccc(C(=N)NC(=O)OC(C)(C)C)cc2)C(=O)O)c1. The number of rotatable bonds is 9. The van der Waals surface area contributed by atoms with Gasteiger partial charge < -0.3 is 29.5 Å². The predicted molar refractivity (Wildman–Crippen MR) is 145 cm³/mol. The number of carboxylic acids is 1. The van der Waals surface area contributed by atoms with Gasteiger partial charge >= 0.3 is 12.1 Å². The number of carboxylic acid groups (broad SMARTS) is 1. The summed E-state index contributed by atoms with van der Waals surface area (Å²) < 4.78 is 32.4. The molecule has 0 unspecified atom stereocenters. The van der Waals surface area contributed by atoms with E-state index in [1.165, 1.54) is 36.4 Å². The molecule has 0 spiro atoms. The number of piperidine rings is 1. The Morgan fingerprint density at radius 1 is 1.18 bits per heavy atom. The molecule has 212 valence electrons. The first-order valence-electron chi connectivity index (χ1n) is 12.9. The molecule has 1 amide bonds. The molecule has 0 bridgehead atoms. The number of aliphatic carboxylic acids is 1. The maximum Gasteiger partial charge on any atom is 0.413 e. The zero-order chi connectivity index (χ0) is 28.7. The van der Waals surface area contributed by atoms with Crippen LogP contribution in [-0.4, -0.2) is 66.4 Å². The van der Waals surface area contributed by atoms with Gasteiger partial charge in [0.2, 0.25) is 0 Å². The Balaban J connectivity index is 1.80. The average Bonchev–Trinajstić information content (AvgIpc) is 2.85. The molecule has 3 rings (SSSR count). The quantitative estimate of drug-likeness (QED) is 0.262. The van der Waals surface area contributed by atoms with Crippen molar-refractivity contribution in [3.63, 3.8) is 0 Å². The molecule has 11 heteroatoms. The lowest BCUT2D eigenvalue weighted by atomic mass is 10.0. The third-order valence-corrected chi connectivity index (χ3v) is 5.98. The van der Waals surface area contributed by atoms with E-state index >= 15 is 4.39 Å². The Morgan fingerprint density at radius 2 is 1.82 bits per heavy atom. The molecular weight excluding hydrogens is 507 g/mol. The van der Waals surface area contributed by atoms with Crippen LogP contribution in [-0.2, 0) is 9.53 Å². The Kier molecular flexibility index (Phi) is 9.74. The van der Waals surface area contributed by atoms with E-state index in [4.69, 9.17) is 19.6 Å². The maximum atomic E-state index is 15.7. The molecule has 1 heterocycles. The number of amides is 1. The van der Waals surface area contributed by atoms with Gasteiger partial charge in [0.15, 0.2) is 17.6 Å². The largest absolute Gasteiger partial charge is 0.494 e. The number of alkyl carbamates (subject to hydrolysis) is 1. The highest BCUT2D eigenvalue weighted by molar-refractivity contribution is 6.04. The molecule has 4 N–H and O–H groups in total. The van der Waals surface area contributed by atoms with Gasteiger partial charge in [0, 0.05) is 36.0 Å². The van der Waals surface area contributed by atoms with E-state index < -0.39 is 29.5 Å². The number of likely N-dealkylation sites (tertiary alicyclic amines) is 1. The van der Waals surface area contributed by atoms with Crippen LogP contribution in [0.4, 0.5) is 14.9 Å². The number of hydrogen-bond acceptors (Lipinski definition) is 8. The second-order valence-electron chi connectivity index (χ2n) is 10.4. The summed E-state index contributed by atoms with van der Waals surface area (Å²) in [6, 6.07) is 7.51. The van der Waals surface area contributed by atoms with E-state index in [1.807, 2.05) is 7.05 Å². The number of hydrogen-bond donors (Lipinski definition) is 4. The van der Waals surface area contributed by atoms with Crippen LogP contribution in [0.5, 0.6) is 11.5 Å². The van der Waals surface area contributed by atoms with Gasteiger partial charge in [0.05, 0.1) is 6.61 Å². The average molecular weight is 545 g/mol. The Morgan fingerprint density at radius 3 is 2.38 bits per heavy atom. The summed E-state index contributed by atoms with van der Waals surface area (Å²) in [6.07, 6.45) is 0.515. The number of anilines is 1. The monoisotopic (exact) mass is 544 g/mol. The van der Waals surface area contributed by atoms with Gasteiger partial charge in [-0.25, -0.2) is 14.0 Å². The molecule has 0 aromatic heterocycles. The fourth-order valence-electron chi connectivity index (χ4n) is 4.07. The Bertz CT molecular complexity index is 1170. The fraction of sp³-hybridized carbons (Fsp3) is 0.464. The topological polar surface area (TPSA) is 133 Å². The summed E-state index contributed by atoms with van der Waals surface area (Å²) in [6.45, 7) is 8.89. The van der Waals surface area contributed by atoms with Crippen molar-refractivity contribution in [2.24, 2.45) is 0 Å². The van der Waals surface area contributed by atoms with Crippen LogP contribution < -0.4 is 20.1 Å². The molecular formula is C28H37FN4O6. The van der Waals surface area contributed by atoms with E-state index in [-0.39, 0.29) is 23.3 Å².